The summed E-state index contributed by atoms with van der Waals surface area (Å²) in [7, 11) is -3.03. The number of hydrogen-bond donors (Lipinski definition) is 1. The molecule has 1 aromatic carbocycles. The second-order valence-electron chi connectivity index (χ2n) is 7.05. The molecule has 1 N–H and O–H groups in total. The lowest BCUT2D eigenvalue weighted by atomic mass is 10.0. The molecule has 0 saturated carbocycles. The maximum Gasteiger partial charge on any atom is 0.211 e. The van der Waals surface area contributed by atoms with Crippen LogP contribution in [0.5, 0.6) is 0 Å². The second-order valence-corrected chi connectivity index (χ2v) is 9.03. The summed E-state index contributed by atoms with van der Waals surface area (Å²) in [6.07, 6.45) is 3.40. The molecule has 0 aromatic heterocycles. The molecular weight excluding hydrogens is 296 g/mol. The molecule has 0 bridgehead atoms. The van der Waals surface area contributed by atoms with Crippen LogP contribution in [0.15, 0.2) is 18.2 Å². The summed E-state index contributed by atoms with van der Waals surface area (Å²) >= 11 is 0. The summed E-state index contributed by atoms with van der Waals surface area (Å²) in [5.41, 5.74) is 4.20. The van der Waals surface area contributed by atoms with Crippen LogP contribution in [0.2, 0.25) is 0 Å². The molecule has 2 aliphatic rings. The number of aryl methyl sites for hydroxylation is 1. The molecule has 3 rings (SSSR count). The highest BCUT2D eigenvalue weighted by Gasteiger charge is 2.32. The van der Waals surface area contributed by atoms with E-state index in [4.69, 9.17) is 0 Å². The molecule has 1 fully saturated rings. The molecule has 0 spiro atoms. The Kier molecular flexibility index (Phi) is 4.32. The van der Waals surface area contributed by atoms with Gasteiger partial charge in [0.25, 0.3) is 0 Å². The lowest BCUT2D eigenvalue weighted by Crippen LogP contribution is -2.32. The Balaban J connectivity index is 1.62. The van der Waals surface area contributed by atoms with E-state index >= 15 is 0 Å². The highest BCUT2D eigenvalue weighted by molar-refractivity contribution is 7.88. The van der Waals surface area contributed by atoms with Crippen LogP contribution in [-0.2, 0) is 16.4 Å². The van der Waals surface area contributed by atoms with Gasteiger partial charge < -0.3 is 5.32 Å². The molecule has 0 amide bonds. The van der Waals surface area contributed by atoms with Gasteiger partial charge in [0.2, 0.25) is 10.0 Å². The van der Waals surface area contributed by atoms with Gasteiger partial charge >= 0.3 is 0 Å². The van der Waals surface area contributed by atoms with E-state index in [1.165, 1.54) is 22.9 Å². The van der Waals surface area contributed by atoms with Crippen molar-refractivity contribution in [1.29, 1.82) is 0 Å². The fourth-order valence-corrected chi connectivity index (χ4v) is 4.75. The zero-order valence-corrected chi connectivity index (χ0v) is 14.5. The highest BCUT2D eigenvalue weighted by atomic mass is 32.2. The van der Waals surface area contributed by atoms with Gasteiger partial charge in [-0.05, 0) is 49.3 Å². The third-order valence-corrected chi connectivity index (χ3v) is 6.36. The molecule has 1 saturated heterocycles. The van der Waals surface area contributed by atoms with Crippen LogP contribution in [0.4, 0.5) is 0 Å². The van der Waals surface area contributed by atoms with Crippen LogP contribution in [0.3, 0.4) is 0 Å². The van der Waals surface area contributed by atoms with Gasteiger partial charge in [-0.3, -0.25) is 0 Å². The van der Waals surface area contributed by atoms with Gasteiger partial charge in [0, 0.05) is 19.1 Å². The Bertz CT molecular complexity index is 657. The van der Waals surface area contributed by atoms with Crippen molar-refractivity contribution in [2.75, 3.05) is 25.9 Å². The number of benzene rings is 1. The molecule has 3 unspecified atom stereocenters. The molecule has 0 radical (unpaired) electrons. The predicted octanol–water partition coefficient (Wildman–Crippen LogP) is 2.10. The average Bonchev–Trinajstić information content (AvgIpc) is 3.00. The monoisotopic (exact) mass is 322 g/mol. The summed E-state index contributed by atoms with van der Waals surface area (Å²) in [4.78, 5) is 0. The van der Waals surface area contributed by atoms with Crippen molar-refractivity contribution in [3.05, 3.63) is 34.9 Å². The normalized spacial score (nSPS) is 29.0. The molecule has 4 nitrogen and oxygen atoms in total. The van der Waals surface area contributed by atoms with E-state index in [0.717, 1.165) is 19.4 Å². The summed E-state index contributed by atoms with van der Waals surface area (Å²) < 4.78 is 24.8. The predicted molar refractivity (Wildman–Crippen MR) is 89.3 cm³/mol. The van der Waals surface area contributed by atoms with Crippen LogP contribution < -0.4 is 5.32 Å². The minimum atomic E-state index is -3.03. The lowest BCUT2D eigenvalue weighted by Gasteiger charge is -2.21. The minimum absolute atomic E-state index is 0.405. The van der Waals surface area contributed by atoms with E-state index < -0.39 is 10.0 Å². The van der Waals surface area contributed by atoms with E-state index in [1.807, 2.05) is 0 Å². The number of fused-ring (bicyclic) bond motifs is 1. The summed E-state index contributed by atoms with van der Waals surface area (Å²) in [5, 5.41) is 3.71. The van der Waals surface area contributed by atoms with Gasteiger partial charge in [-0.25, -0.2) is 12.7 Å². The standard InChI is InChI=1S/C17H26N2O2S/c1-12-4-5-15-9-13(2)17(16(15)8-12)18-10-14-6-7-19(11-14)22(3,20)21/h4-5,8,13-14,17-18H,6-7,9-11H2,1-3H3. The van der Waals surface area contributed by atoms with E-state index in [1.54, 1.807) is 4.31 Å². The van der Waals surface area contributed by atoms with Crippen molar-refractivity contribution in [1.82, 2.24) is 9.62 Å². The Hall–Kier alpha value is -0.910. The third-order valence-electron chi connectivity index (χ3n) is 5.09. The Morgan fingerprint density at radius 1 is 1.36 bits per heavy atom. The van der Waals surface area contributed by atoms with Crippen molar-refractivity contribution in [2.24, 2.45) is 11.8 Å². The lowest BCUT2D eigenvalue weighted by molar-refractivity contribution is 0.374. The molecule has 5 heteroatoms. The average molecular weight is 322 g/mol. The number of rotatable bonds is 4. The summed E-state index contributed by atoms with van der Waals surface area (Å²) in [6.45, 7) is 6.66. The van der Waals surface area contributed by atoms with Gasteiger partial charge in [-0.2, -0.15) is 0 Å². The van der Waals surface area contributed by atoms with Gasteiger partial charge in [0.15, 0.2) is 0 Å². The van der Waals surface area contributed by atoms with Crippen LogP contribution in [0.25, 0.3) is 0 Å². The first-order valence-corrected chi connectivity index (χ1v) is 9.97. The number of hydrogen-bond acceptors (Lipinski definition) is 3. The maximum atomic E-state index is 11.6. The molecule has 1 aliphatic heterocycles. The quantitative estimate of drug-likeness (QED) is 0.923. The van der Waals surface area contributed by atoms with Crippen LogP contribution >= 0.6 is 0 Å². The third kappa shape index (κ3) is 3.21. The Labute approximate surface area is 134 Å². The minimum Gasteiger partial charge on any atom is -0.309 e. The molecule has 3 atom stereocenters. The SMILES string of the molecule is Cc1ccc2c(c1)C(NCC1CCN(S(C)(=O)=O)C1)C(C)C2. The van der Waals surface area contributed by atoms with Crippen LogP contribution in [-0.4, -0.2) is 38.6 Å². The fourth-order valence-electron chi connectivity index (χ4n) is 3.83. The van der Waals surface area contributed by atoms with Gasteiger partial charge in [-0.1, -0.05) is 30.7 Å². The highest BCUT2D eigenvalue weighted by Crippen LogP contribution is 2.36. The molecule has 1 aromatic rings. The zero-order chi connectivity index (χ0) is 15.9. The van der Waals surface area contributed by atoms with Crippen LogP contribution in [0.1, 0.15) is 36.1 Å². The number of nitrogens with zero attached hydrogens (tertiary/aromatic N) is 1. The fraction of sp³-hybridized carbons (Fsp3) is 0.647. The summed E-state index contributed by atoms with van der Waals surface area (Å²) in [5.74, 6) is 1.03. The van der Waals surface area contributed by atoms with Crippen molar-refractivity contribution in [3.8, 4) is 0 Å². The maximum absolute atomic E-state index is 11.6. The molecule has 1 heterocycles. The first-order valence-electron chi connectivity index (χ1n) is 8.12. The van der Waals surface area contributed by atoms with E-state index in [0.29, 0.717) is 31.0 Å². The van der Waals surface area contributed by atoms with Crippen molar-refractivity contribution < 1.29 is 8.42 Å². The van der Waals surface area contributed by atoms with Gasteiger partial charge in [0.1, 0.15) is 0 Å². The van der Waals surface area contributed by atoms with E-state index in [9.17, 15) is 8.42 Å². The number of nitrogens with one attached hydrogen (secondary N) is 1. The largest absolute Gasteiger partial charge is 0.309 e. The zero-order valence-electron chi connectivity index (χ0n) is 13.7. The first kappa shape index (κ1) is 16.0. The molecule has 22 heavy (non-hydrogen) atoms. The van der Waals surface area contributed by atoms with E-state index in [-0.39, 0.29) is 0 Å². The molecule has 122 valence electrons. The van der Waals surface area contributed by atoms with Crippen molar-refractivity contribution in [2.45, 2.75) is 32.7 Å². The first-order chi connectivity index (χ1) is 10.3. The van der Waals surface area contributed by atoms with E-state index in [2.05, 4.69) is 37.4 Å². The molecule has 1 aliphatic carbocycles. The van der Waals surface area contributed by atoms with Crippen molar-refractivity contribution >= 4 is 10.0 Å². The molecular formula is C17H26N2O2S. The Morgan fingerprint density at radius 2 is 2.14 bits per heavy atom. The Morgan fingerprint density at radius 3 is 2.82 bits per heavy atom. The van der Waals surface area contributed by atoms with Gasteiger partial charge in [0.05, 0.1) is 6.26 Å². The number of sulfonamides is 1. The van der Waals surface area contributed by atoms with Crippen LogP contribution in [0, 0.1) is 18.8 Å². The summed E-state index contributed by atoms with van der Waals surface area (Å²) in [6, 6.07) is 7.15. The second kappa shape index (κ2) is 5.95. The smallest absolute Gasteiger partial charge is 0.211 e. The van der Waals surface area contributed by atoms with Crippen molar-refractivity contribution in [3.63, 3.8) is 0 Å². The van der Waals surface area contributed by atoms with Gasteiger partial charge in [-0.15, -0.1) is 0 Å². The topological polar surface area (TPSA) is 49.4 Å².